The summed E-state index contributed by atoms with van der Waals surface area (Å²) >= 11 is 0. The molecule has 1 rings (SSSR count). The number of hydrogen-bond donors (Lipinski definition) is 3. The summed E-state index contributed by atoms with van der Waals surface area (Å²) < 4.78 is 0. The zero-order valence-electron chi connectivity index (χ0n) is 13.3. The molecular weight excluding hydrogens is 254 g/mol. The number of amides is 2. The predicted molar refractivity (Wildman–Crippen MR) is 79.6 cm³/mol. The van der Waals surface area contributed by atoms with Crippen molar-refractivity contribution in [3.63, 3.8) is 0 Å². The second-order valence-electron chi connectivity index (χ2n) is 7.37. The van der Waals surface area contributed by atoms with Crippen LogP contribution in [-0.4, -0.2) is 24.4 Å². The predicted octanol–water partition coefficient (Wildman–Crippen LogP) is 1.01. The van der Waals surface area contributed by atoms with Gasteiger partial charge in [-0.2, -0.15) is 0 Å². The molecular formula is C15H29N3O2. The van der Waals surface area contributed by atoms with Crippen LogP contribution in [0.4, 0.5) is 0 Å². The Morgan fingerprint density at radius 1 is 1.30 bits per heavy atom. The number of carbonyl (C=O) groups is 2. The van der Waals surface area contributed by atoms with Crippen molar-refractivity contribution in [3.8, 4) is 0 Å². The average Bonchev–Trinajstić information content (AvgIpc) is 2.33. The molecule has 116 valence electrons. The van der Waals surface area contributed by atoms with Crippen molar-refractivity contribution < 1.29 is 9.59 Å². The molecule has 5 nitrogen and oxygen atoms in total. The van der Waals surface area contributed by atoms with Crippen LogP contribution < -0.4 is 16.8 Å². The van der Waals surface area contributed by atoms with E-state index in [-0.39, 0.29) is 35.7 Å². The van der Waals surface area contributed by atoms with E-state index >= 15 is 0 Å². The van der Waals surface area contributed by atoms with Crippen molar-refractivity contribution in [2.24, 2.45) is 34.1 Å². The first kappa shape index (κ1) is 17.0. The molecule has 3 atom stereocenters. The van der Waals surface area contributed by atoms with Gasteiger partial charge in [0.1, 0.15) is 0 Å². The molecule has 1 fully saturated rings. The van der Waals surface area contributed by atoms with Gasteiger partial charge in [-0.1, -0.05) is 20.8 Å². The Morgan fingerprint density at radius 3 is 2.35 bits per heavy atom. The fraction of sp³-hybridized carbons (Fsp3) is 0.867. The van der Waals surface area contributed by atoms with E-state index in [4.69, 9.17) is 11.5 Å². The van der Waals surface area contributed by atoms with Crippen LogP contribution in [0.25, 0.3) is 0 Å². The highest BCUT2D eigenvalue weighted by molar-refractivity contribution is 5.83. The number of rotatable bonds is 4. The van der Waals surface area contributed by atoms with Crippen molar-refractivity contribution in [2.75, 3.05) is 6.54 Å². The second-order valence-corrected chi connectivity index (χ2v) is 7.37. The molecule has 5 N–H and O–H groups in total. The first-order valence-electron chi connectivity index (χ1n) is 7.33. The van der Waals surface area contributed by atoms with Crippen LogP contribution in [0.15, 0.2) is 0 Å². The quantitative estimate of drug-likeness (QED) is 0.718. The fourth-order valence-electron chi connectivity index (χ4n) is 2.84. The lowest BCUT2D eigenvalue weighted by atomic mass is 9.61. The Kier molecular flexibility index (Phi) is 4.85. The van der Waals surface area contributed by atoms with Gasteiger partial charge in [-0.15, -0.1) is 0 Å². The molecule has 1 aliphatic carbocycles. The van der Waals surface area contributed by atoms with E-state index in [0.717, 1.165) is 12.8 Å². The summed E-state index contributed by atoms with van der Waals surface area (Å²) in [7, 11) is 0. The molecule has 0 bridgehead atoms. The number of nitrogens with one attached hydrogen (secondary N) is 1. The lowest BCUT2D eigenvalue weighted by Gasteiger charge is -2.46. The first-order valence-corrected chi connectivity index (χ1v) is 7.33. The molecule has 1 aliphatic rings. The molecule has 0 spiro atoms. The SMILES string of the molecule is CC1C(N)CCC(C(=O)NCC(C)(C)C(N)=O)C1(C)C. The molecule has 0 aliphatic heterocycles. The second kappa shape index (κ2) is 5.72. The topological polar surface area (TPSA) is 98.2 Å². The minimum absolute atomic E-state index is 0.00285. The van der Waals surface area contributed by atoms with Gasteiger partial charge in [0.2, 0.25) is 11.8 Å². The standard InChI is InChI=1S/C15H29N3O2/c1-9-11(16)7-6-10(15(9,4)5)12(19)18-8-14(2,3)13(17)20/h9-11H,6-8,16H2,1-5H3,(H2,17,20)(H,18,19). The van der Waals surface area contributed by atoms with Crippen LogP contribution in [-0.2, 0) is 9.59 Å². The van der Waals surface area contributed by atoms with E-state index < -0.39 is 11.3 Å². The first-order chi connectivity index (χ1) is 9.00. The average molecular weight is 283 g/mol. The van der Waals surface area contributed by atoms with E-state index in [9.17, 15) is 9.59 Å². The van der Waals surface area contributed by atoms with Crippen LogP contribution in [0.5, 0.6) is 0 Å². The van der Waals surface area contributed by atoms with Crippen LogP contribution in [0, 0.1) is 22.7 Å². The Labute approximate surface area is 121 Å². The molecule has 0 radical (unpaired) electrons. The fourth-order valence-corrected chi connectivity index (χ4v) is 2.84. The third kappa shape index (κ3) is 3.32. The van der Waals surface area contributed by atoms with Crippen LogP contribution in [0.1, 0.15) is 47.5 Å². The Hall–Kier alpha value is -1.10. The molecule has 0 saturated heterocycles. The van der Waals surface area contributed by atoms with Gasteiger partial charge in [0, 0.05) is 18.5 Å². The highest BCUT2D eigenvalue weighted by Gasteiger charge is 2.45. The molecule has 0 heterocycles. The van der Waals surface area contributed by atoms with Gasteiger partial charge < -0.3 is 16.8 Å². The number of carbonyl (C=O) groups excluding carboxylic acids is 2. The van der Waals surface area contributed by atoms with Crippen molar-refractivity contribution >= 4 is 11.8 Å². The summed E-state index contributed by atoms with van der Waals surface area (Å²) in [6.45, 7) is 10.0. The third-order valence-corrected chi connectivity index (χ3v) is 5.19. The molecule has 0 aromatic carbocycles. The van der Waals surface area contributed by atoms with Gasteiger partial charge in [-0.3, -0.25) is 9.59 Å². The molecule has 0 aromatic rings. The minimum Gasteiger partial charge on any atom is -0.369 e. The van der Waals surface area contributed by atoms with E-state index in [2.05, 4.69) is 26.1 Å². The van der Waals surface area contributed by atoms with Gasteiger partial charge in [0.05, 0.1) is 5.41 Å². The number of nitrogens with two attached hydrogens (primary N) is 2. The van der Waals surface area contributed by atoms with Crippen molar-refractivity contribution in [1.29, 1.82) is 0 Å². The van der Waals surface area contributed by atoms with Crippen LogP contribution in [0.3, 0.4) is 0 Å². The molecule has 3 unspecified atom stereocenters. The summed E-state index contributed by atoms with van der Waals surface area (Å²) in [4.78, 5) is 23.7. The number of hydrogen-bond acceptors (Lipinski definition) is 3. The van der Waals surface area contributed by atoms with Gasteiger partial charge in [-0.25, -0.2) is 0 Å². The smallest absolute Gasteiger partial charge is 0.224 e. The Morgan fingerprint density at radius 2 is 1.85 bits per heavy atom. The third-order valence-electron chi connectivity index (χ3n) is 5.19. The van der Waals surface area contributed by atoms with Gasteiger partial charge in [0.25, 0.3) is 0 Å². The summed E-state index contributed by atoms with van der Waals surface area (Å²) in [6.07, 6.45) is 1.66. The van der Waals surface area contributed by atoms with E-state index in [1.54, 1.807) is 13.8 Å². The van der Waals surface area contributed by atoms with E-state index in [1.165, 1.54) is 0 Å². The maximum Gasteiger partial charge on any atom is 0.224 e. The number of primary amides is 1. The van der Waals surface area contributed by atoms with Gasteiger partial charge >= 0.3 is 0 Å². The Bertz CT molecular complexity index is 391. The minimum atomic E-state index is -0.726. The van der Waals surface area contributed by atoms with Crippen molar-refractivity contribution in [2.45, 2.75) is 53.5 Å². The molecule has 20 heavy (non-hydrogen) atoms. The van der Waals surface area contributed by atoms with Crippen LogP contribution in [0.2, 0.25) is 0 Å². The summed E-state index contributed by atoms with van der Waals surface area (Å²) in [5, 5.41) is 2.88. The highest BCUT2D eigenvalue weighted by atomic mass is 16.2. The van der Waals surface area contributed by atoms with Crippen LogP contribution >= 0.6 is 0 Å². The lowest BCUT2D eigenvalue weighted by Crippen LogP contribution is -2.53. The summed E-state index contributed by atoms with van der Waals surface area (Å²) in [5.74, 6) is -0.184. The van der Waals surface area contributed by atoms with Gasteiger partial charge in [-0.05, 0) is 38.0 Å². The summed E-state index contributed by atoms with van der Waals surface area (Å²) in [6, 6.07) is 0.149. The zero-order chi connectivity index (χ0) is 15.7. The highest BCUT2D eigenvalue weighted by Crippen LogP contribution is 2.44. The van der Waals surface area contributed by atoms with E-state index in [0.29, 0.717) is 0 Å². The van der Waals surface area contributed by atoms with E-state index in [1.807, 2.05) is 0 Å². The van der Waals surface area contributed by atoms with Crippen molar-refractivity contribution in [1.82, 2.24) is 5.32 Å². The maximum absolute atomic E-state index is 12.4. The van der Waals surface area contributed by atoms with Gasteiger partial charge in [0.15, 0.2) is 0 Å². The molecule has 0 aromatic heterocycles. The molecule has 1 saturated carbocycles. The summed E-state index contributed by atoms with van der Waals surface area (Å²) in [5.41, 5.74) is 10.6. The molecule has 5 heteroatoms. The maximum atomic E-state index is 12.4. The van der Waals surface area contributed by atoms with Crippen molar-refractivity contribution in [3.05, 3.63) is 0 Å². The monoisotopic (exact) mass is 283 g/mol. The Balaban J connectivity index is 2.71. The normalized spacial score (nSPS) is 29.8. The molecule has 2 amide bonds. The largest absolute Gasteiger partial charge is 0.369 e. The lowest BCUT2D eigenvalue weighted by molar-refractivity contribution is -0.133. The zero-order valence-corrected chi connectivity index (χ0v) is 13.3.